The fourth-order valence-electron chi connectivity index (χ4n) is 1.66. The molecule has 2 N–H and O–H groups in total. The Hall–Kier alpha value is -1.00. The molecule has 0 aliphatic carbocycles. The van der Waals surface area contributed by atoms with E-state index >= 15 is 0 Å². The van der Waals surface area contributed by atoms with Crippen LogP contribution in [-0.2, 0) is 9.53 Å². The topological polar surface area (TPSA) is 52.3 Å². The smallest absolute Gasteiger partial charge is 0.324 e. The van der Waals surface area contributed by atoms with Gasteiger partial charge in [-0.15, -0.1) is 0 Å². The number of esters is 1. The predicted octanol–water partition coefficient (Wildman–Crippen LogP) is 2.76. The van der Waals surface area contributed by atoms with Gasteiger partial charge in [0.05, 0.1) is 11.9 Å². The third-order valence-electron chi connectivity index (χ3n) is 2.51. The first-order valence-corrected chi connectivity index (χ1v) is 7.34. The van der Waals surface area contributed by atoms with E-state index in [-0.39, 0.29) is 11.2 Å². The number of rotatable bonds is 7. The summed E-state index contributed by atoms with van der Waals surface area (Å²) >= 11 is 1.71. The molecule has 1 aromatic carbocycles. The highest BCUT2D eigenvalue weighted by Gasteiger charge is 2.27. The summed E-state index contributed by atoms with van der Waals surface area (Å²) in [6, 6.07) is 9.29. The van der Waals surface area contributed by atoms with Crippen molar-refractivity contribution in [2.24, 2.45) is 5.73 Å². The van der Waals surface area contributed by atoms with Crippen LogP contribution in [0.2, 0.25) is 0 Å². The standard InChI is InChI=1S/C14H21NO2S/c1-3-10-18-13(11-8-6-5-7-9-11)12(15)14(16)17-4-2/h5-9,12-13H,3-4,10,15H2,1-2H3. The lowest BCUT2D eigenvalue weighted by molar-refractivity contribution is -0.144. The monoisotopic (exact) mass is 267 g/mol. The molecule has 1 aromatic rings. The van der Waals surface area contributed by atoms with Crippen LogP contribution in [0.25, 0.3) is 0 Å². The van der Waals surface area contributed by atoms with E-state index in [9.17, 15) is 4.79 Å². The molecule has 0 heterocycles. The molecule has 0 fully saturated rings. The zero-order chi connectivity index (χ0) is 13.4. The summed E-state index contributed by atoms with van der Waals surface area (Å²) in [6.45, 7) is 4.28. The van der Waals surface area contributed by atoms with Crippen LogP contribution in [-0.4, -0.2) is 24.4 Å². The van der Waals surface area contributed by atoms with Gasteiger partial charge in [-0.2, -0.15) is 11.8 Å². The summed E-state index contributed by atoms with van der Waals surface area (Å²) < 4.78 is 5.01. The largest absolute Gasteiger partial charge is 0.465 e. The van der Waals surface area contributed by atoms with Crippen molar-refractivity contribution >= 4 is 17.7 Å². The Balaban J connectivity index is 2.81. The summed E-state index contributed by atoms with van der Waals surface area (Å²) in [7, 11) is 0. The van der Waals surface area contributed by atoms with E-state index in [4.69, 9.17) is 10.5 Å². The fraction of sp³-hybridized carbons (Fsp3) is 0.500. The summed E-state index contributed by atoms with van der Waals surface area (Å²) in [5.74, 6) is 0.655. The molecule has 0 aromatic heterocycles. The van der Waals surface area contributed by atoms with Crippen molar-refractivity contribution in [3.8, 4) is 0 Å². The zero-order valence-corrected chi connectivity index (χ0v) is 11.8. The molecular formula is C14H21NO2S. The molecule has 0 amide bonds. The predicted molar refractivity (Wildman–Crippen MR) is 76.5 cm³/mol. The van der Waals surface area contributed by atoms with Gasteiger partial charge in [0.25, 0.3) is 0 Å². The number of benzene rings is 1. The van der Waals surface area contributed by atoms with E-state index in [2.05, 4.69) is 6.92 Å². The zero-order valence-electron chi connectivity index (χ0n) is 11.0. The molecule has 4 heteroatoms. The van der Waals surface area contributed by atoms with E-state index in [1.807, 2.05) is 30.3 Å². The SMILES string of the molecule is CCCSC(c1ccccc1)C(N)C(=O)OCC. The molecule has 2 atom stereocenters. The van der Waals surface area contributed by atoms with Gasteiger partial charge < -0.3 is 10.5 Å². The lowest BCUT2D eigenvalue weighted by Crippen LogP contribution is -2.37. The van der Waals surface area contributed by atoms with Crippen LogP contribution >= 0.6 is 11.8 Å². The van der Waals surface area contributed by atoms with E-state index in [1.165, 1.54) is 0 Å². The molecular weight excluding hydrogens is 246 g/mol. The third-order valence-corrected chi connectivity index (χ3v) is 4.08. The van der Waals surface area contributed by atoms with E-state index in [0.717, 1.165) is 17.7 Å². The second-order valence-corrected chi connectivity index (χ2v) is 5.23. The van der Waals surface area contributed by atoms with Crippen LogP contribution in [0, 0.1) is 0 Å². The van der Waals surface area contributed by atoms with Crippen LogP contribution in [0.5, 0.6) is 0 Å². The normalized spacial score (nSPS) is 13.9. The van der Waals surface area contributed by atoms with Gasteiger partial charge in [-0.1, -0.05) is 37.3 Å². The number of hydrogen-bond acceptors (Lipinski definition) is 4. The molecule has 3 nitrogen and oxygen atoms in total. The quantitative estimate of drug-likeness (QED) is 0.772. The molecule has 100 valence electrons. The summed E-state index contributed by atoms with van der Waals surface area (Å²) in [4.78, 5) is 11.8. The van der Waals surface area contributed by atoms with Crippen molar-refractivity contribution in [3.05, 3.63) is 35.9 Å². The van der Waals surface area contributed by atoms with Crippen LogP contribution in [0.1, 0.15) is 31.1 Å². The van der Waals surface area contributed by atoms with Gasteiger partial charge in [0.1, 0.15) is 6.04 Å². The highest BCUT2D eigenvalue weighted by molar-refractivity contribution is 7.99. The molecule has 0 saturated carbocycles. The average molecular weight is 267 g/mol. The highest BCUT2D eigenvalue weighted by atomic mass is 32.2. The van der Waals surface area contributed by atoms with Gasteiger partial charge in [0.15, 0.2) is 0 Å². The van der Waals surface area contributed by atoms with Crippen molar-refractivity contribution in [3.63, 3.8) is 0 Å². The van der Waals surface area contributed by atoms with Crippen molar-refractivity contribution in [1.29, 1.82) is 0 Å². The second-order valence-electron chi connectivity index (χ2n) is 3.98. The minimum absolute atomic E-state index is 0.0369. The summed E-state index contributed by atoms with van der Waals surface area (Å²) in [5.41, 5.74) is 7.11. The van der Waals surface area contributed by atoms with E-state index in [0.29, 0.717) is 6.61 Å². The first-order valence-electron chi connectivity index (χ1n) is 6.29. The van der Waals surface area contributed by atoms with Crippen molar-refractivity contribution < 1.29 is 9.53 Å². The first kappa shape index (κ1) is 15.1. The highest BCUT2D eigenvalue weighted by Crippen LogP contribution is 2.32. The number of ether oxygens (including phenoxy) is 1. The maximum absolute atomic E-state index is 11.8. The molecule has 18 heavy (non-hydrogen) atoms. The van der Waals surface area contributed by atoms with Crippen molar-refractivity contribution in [2.75, 3.05) is 12.4 Å². The Bertz CT molecular complexity index is 356. The average Bonchev–Trinajstić information content (AvgIpc) is 2.40. The third kappa shape index (κ3) is 4.35. The number of carbonyl (C=O) groups excluding carboxylic acids is 1. The lowest BCUT2D eigenvalue weighted by Gasteiger charge is -2.22. The molecule has 0 spiro atoms. The summed E-state index contributed by atoms with van der Waals surface area (Å²) in [6.07, 6.45) is 1.06. The van der Waals surface area contributed by atoms with Crippen molar-refractivity contribution in [2.45, 2.75) is 31.6 Å². The number of thioether (sulfide) groups is 1. The van der Waals surface area contributed by atoms with Gasteiger partial charge in [0.2, 0.25) is 0 Å². The van der Waals surface area contributed by atoms with Crippen LogP contribution in [0.3, 0.4) is 0 Å². The van der Waals surface area contributed by atoms with Gasteiger partial charge in [-0.25, -0.2) is 0 Å². The fourth-order valence-corrected chi connectivity index (χ4v) is 2.81. The Morgan fingerprint density at radius 2 is 2.00 bits per heavy atom. The molecule has 0 bridgehead atoms. The van der Waals surface area contributed by atoms with Crippen LogP contribution < -0.4 is 5.73 Å². The Morgan fingerprint density at radius 3 is 2.56 bits per heavy atom. The Morgan fingerprint density at radius 1 is 1.33 bits per heavy atom. The van der Waals surface area contributed by atoms with Gasteiger partial charge in [-0.3, -0.25) is 4.79 Å². The molecule has 1 rings (SSSR count). The molecule has 0 aliphatic rings. The van der Waals surface area contributed by atoms with Crippen LogP contribution in [0.4, 0.5) is 0 Å². The Kier molecular flexibility index (Phi) is 6.83. The molecule has 2 unspecified atom stereocenters. The lowest BCUT2D eigenvalue weighted by atomic mass is 10.1. The minimum Gasteiger partial charge on any atom is -0.465 e. The maximum Gasteiger partial charge on any atom is 0.324 e. The minimum atomic E-state index is -0.608. The number of nitrogens with two attached hydrogens (primary N) is 1. The number of carbonyl (C=O) groups is 1. The number of hydrogen-bond donors (Lipinski definition) is 1. The van der Waals surface area contributed by atoms with Gasteiger partial charge in [0, 0.05) is 0 Å². The first-order chi connectivity index (χ1) is 8.70. The van der Waals surface area contributed by atoms with E-state index < -0.39 is 6.04 Å². The molecule has 0 radical (unpaired) electrons. The second kappa shape index (κ2) is 8.16. The van der Waals surface area contributed by atoms with Crippen molar-refractivity contribution in [1.82, 2.24) is 0 Å². The van der Waals surface area contributed by atoms with E-state index in [1.54, 1.807) is 18.7 Å². The van der Waals surface area contributed by atoms with Gasteiger partial charge in [-0.05, 0) is 24.7 Å². The molecule has 0 saturated heterocycles. The molecule has 0 aliphatic heterocycles. The Labute approximate surface area is 113 Å². The summed E-state index contributed by atoms with van der Waals surface area (Å²) in [5, 5.41) is -0.0369. The van der Waals surface area contributed by atoms with Crippen LogP contribution in [0.15, 0.2) is 30.3 Å². The maximum atomic E-state index is 11.8. The van der Waals surface area contributed by atoms with Gasteiger partial charge >= 0.3 is 5.97 Å².